The van der Waals surface area contributed by atoms with Gasteiger partial charge in [0.15, 0.2) is 0 Å². The maximum absolute atomic E-state index is 9.09. The number of hydrogen-bond acceptors (Lipinski definition) is 2. The molecule has 0 aliphatic heterocycles. The molecule has 0 spiro atoms. The first-order valence-electron chi connectivity index (χ1n) is 5.57. The van der Waals surface area contributed by atoms with E-state index in [2.05, 4.69) is 6.07 Å². The second-order valence-electron chi connectivity index (χ2n) is 3.86. The lowest BCUT2D eigenvalue weighted by Crippen LogP contribution is -1.92. The Balaban J connectivity index is 3.31. The average Bonchev–Trinajstić information content (AvgIpc) is 2.35. The van der Waals surface area contributed by atoms with Crippen molar-refractivity contribution >= 4 is 16.6 Å². The summed E-state index contributed by atoms with van der Waals surface area (Å²) in [5.41, 5.74) is 2.49. The van der Waals surface area contributed by atoms with Gasteiger partial charge in [-0.2, -0.15) is 5.26 Å². The molecule has 0 unspecified atom stereocenters. The van der Waals surface area contributed by atoms with Crippen molar-refractivity contribution in [1.29, 1.82) is 5.26 Å². The van der Waals surface area contributed by atoms with Crippen molar-refractivity contribution in [2.75, 3.05) is 7.11 Å². The third kappa shape index (κ3) is 3.25. The Labute approximate surface area is 107 Å². The van der Waals surface area contributed by atoms with Gasteiger partial charge in [-0.1, -0.05) is 36.6 Å². The van der Waals surface area contributed by atoms with Gasteiger partial charge in [-0.15, -0.1) is 0 Å². The second kappa shape index (κ2) is 6.32. The van der Waals surface area contributed by atoms with Gasteiger partial charge in [0.1, 0.15) is 5.75 Å². The zero-order valence-electron chi connectivity index (χ0n) is 10.4. The maximum atomic E-state index is 9.09. The number of benzene rings is 1. The van der Waals surface area contributed by atoms with E-state index in [9.17, 15) is 0 Å². The van der Waals surface area contributed by atoms with Gasteiger partial charge < -0.3 is 4.74 Å². The molecular formula is C14H16ClNO. The zero-order chi connectivity index (χ0) is 12.8. The highest BCUT2D eigenvalue weighted by molar-refractivity contribution is 6.49. The second-order valence-corrected chi connectivity index (χ2v) is 4.24. The number of methoxy groups -OCH3 is 1. The van der Waals surface area contributed by atoms with Gasteiger partial charge >= 0.3 is 0 Å². The van der Waals surface area contributed by atoms with Crippen LogP contribution in [0.3, 0.4) is 0 Å². The summed E-state index contributed by atoms with van der Waals surface area (Å²) in [5, 5.41) is 9.58. The molecule has 1 aromatic rings. The van der Waals surface area contributed by atoms with E-state index < -0.39 is 0 Å². The fourth-order valence-electron chi connectivity index (χ4n) is 1.62. The third-order valence-corrected chi connectivity index (χ3v) is 2.92. The maximum Gasteiger partial charge on any atom is 0.127 e. The lowest BCUT2D eigenvalue weighted by molar-refractivity contribution is 0.413. The highest BCUT2D eigenvalue weighted by Crippen LogP contribution is 2.33. The Kier molecular flexibility index (Phi) is 5.06. The van der Waals surface area contributed by atoms with Crippen LogP contribution < -0.4 is 4.74 Å². The summed E-state index contributed by atoms with van der Waals surface area (Å²) in [6.45, 7) is 4.01. The molecular weight excluding hydrogens is 234 g/mol. The number of nitrogens with zero attached hydrogens (tertiary/aromatic N) is 1. The molecule has 2 nitrogen and oxygen atoms in total. The smallest absolute Gasteiger partial charge is 0.127 e. The third-order valence-electron chi connectivity index (χ3n) is 2.49. The zero-order valence-corrected chi connectivity index (χ0v) is 11.1. The lowest BCUT2D eigenvalue weighted by atomic mass is 10.0. The summed E-state index contributed by atoms with van der Waals surface area (Å²) >= 11 is 6.28. The number of allylic oxidation sites excluding steroid dienone is 1. The highest BCUT2D eigenvalue weighted by atomic mass is 35.5. The topological polar surface area (TPSA) is 33.0 Å². The van der Waals surface area contributed by atoms with Crippen molar-refractivity contribution in [1.82, 2.24) is 0 Å². The van der Waals surface area contributed by atoms with Crippen molar-refractivity contribution in [3.05, 3.63) is 34.9 Å². The van der Waals surface area contributed by atoms with E-state index in [1.54, 1.807) is 7.11 Å². The van der Waals surface area contributed by atoms with Gasteiger partial charge in [-0.25, -0.2) is 0 Å². The molecule has 0 aliphatic rings. The molecule has 0 fully saturated rings. The summed E-state index contributed by atoms with van der Waals surface area (Å²) in [6.07, 6.45) is 1.58. The summed E-state index contributed by atoms with van der Waals surface area (Å²) in [7, 11) is 1.60. The Hall–Kier alpha value is -1.46. The largest absolute Gasteiger partial charge is 0.496 e. The number of ether oxygens (including phenoxy) is 1. The lowest BCUT2D eigenvalue weighted by Gasteiger charge is -2.10. The van der Waals surface area contributed by atoms with Crippen LogP contribution >= 0.6 is 11.6 Å². The SMILES string of the molecule is CCCC(C#N)=C(Cl)c1cc(C)ccc1OC. The molecule has 0 heterocycles. The molecule has 0 N–H and O–H groups in total. The van der Waals surface area contributed by atoms with E-state index in [0.717, 1.165) is 17.5 Å². The molecule has 0 radical (unpaired) electrons. The molecule has 0 aromatic heterocycles. The Morgan fingerprint density at radius 3 is 2.71 bits per heavy atom. The normalized spacial score (nSPS) is 11.7. The molecule has 0 atom stereocenters. The quantitative estimate of drug-likeness (QED) is 0.747. The van der Waals surface area contributed by atoms with Crippen LogP contribution in [0.4, 0.5) is 0 Å². The standard InChI is InChI=1S/C14H16ClNO/c1-4-5-11(9-16)14(15)12-8-10(2)6-7-13(12)17-3/h6-8H,4-5H2,1-3H3. The Morgan fingerprint density at radius 1 is 1.47 bits per heavy atom. The molecule has 1 rings (SSSR count). The van der Waals surface area contributed by atoms with Gasteiger partial charge in [0.2, 0.25) is 0 Å². The fourth-order valence-corrected chi connectivity index (χ4v) is 1.91. The van der Waals surface area contributed by atoms with Crippen LogP contribution in [0.1, 0.15) is 30.9 Å². The number of nitriles is 1. The van der Waals surface area contributed by atoms with Gasteiger partial charge in [-0.3, -0.25) is 0 Å². The summed E-state index contributed by atoms with van der Waals surface area (Å²) < 4.78 is 5.27. The van der Waals surface area contributed by atoms with E-state index in [1.807, 2.05) is 32.0 Å². The number of aryl methyl sites for hydroxylation is 1. The fraction of sp³-hybridized carbons (Fsp3) is 0.357. The van der Waals surface area contributed by atoms with Crippen LogP contribution in [0, 0.1) is 18.3 Å². The molecule has 1 aromatic carbocycles. The minimum absolute atomic E-state index is 0.495. The van der Waals surface area contributed by atoms with E-state index >= 15 is 0 Å². The van der Waals surface area contributed by atoms with Crippen LogP contribution in [0.2, 0.25) is 0 Å². The Bertz CT molecular complexity index is 472. The van der Waals surface area contributed by atoms with Crippen LogP contribution in [0.5, 0.6) is 5.75 Å². The van der Waals surface area contributed by atoms with Gasteiger partial charge in [0.25, 0.3) is 0 Å². The minimum Gasteiger partial charge on any atom is -0.496 e. The highest BCUT2D eigenvalue weighted by Gasteiger charge is 2.11. The first kappa shape index (κ1) is 13.6. The average molecular weight is 250 g/mol. The van der Waals surface area contributed by atoms with Gasteiger partial charge in [0, 0.05) is 11.1 Å². The summed E-state index contributed by atoms with van der Waals surface area (Å²) in [5.74, 6) is 0.699. The van der Waals surface area contributed by atoms with Crippen molar-refractivity contribution in [3.8, 4) is 11.8 Å². The van der Waals surface area contributed by atoms with E-state index in [-0.39, 0.29) is 0 Å². The predicted molar refractivity (Wildman–Crippen MR) is 71.0 cm³/mol. The van der Waals surface area contributed by atoms with E-state index in [4.69, 9.17) is 21.6 Å². The van der Waals surface area contributed by atoms with E-state index in [0.29, 0.717) is 22.8 Å². The molecule has 0 amide bonds. The molecule has 90 valence electrons. The van der Waals surface area contributed by atoms with Crippen LogP contribution in [0.25, 0.3) is 5.03 Å². The molecule has 0 bridgehead atoms. The molecule has 0 saturated carbocycles. The Morgan fingerprint density at radius 2 is 2.18 bits per heavy atom. The molecule has 0 aliphatic carbocycles. The summed E-state index contributed by atoms with van der Waals surface area (Å²) in [4.78, 5) is 0. The first-order valence-corrected chi connectivity index (χ1v) is 5.95. The van der Waals surface area contributed by atoms with Crippen molar-refractivity contribution < 1.29 is 4.74 Å². The molecule has 3 heteroatoms. The predicted octanol–water partition coefficient (Wildman–Crippen LogP) is 4.28. The van der Waals surface area contributed by atoms with Gasteiger partial charge in [-0.05, 0) is 25.5 Å². The van der Waals surface area contributed by atoms with Crippen molar-refractivity contribution in [3.63, 3.8) is 0 Å². The van der Waals surface area contributed by atoms with Crippen LogP contribution in [0.15, 0.2) is 23.8 Å². The number of rotatable bonds is 4. The minimum atomic E-state index is 0.495. The van der Waals surface area contributed by atoms with Crippen molar-refractivity contribution in [2.45, 2.75) is 26.7 Å². The van der Waals surface area contributed by atoms with E-state index in [1.165, 1.54) is 0 Å². The van der Waals surface area contributed by atoms with Crippen LogP contribution in [-0.4, -0.2) is 7.11 Å². The number of hydrogen-bond donors (Lipinski definition) is 0. The first-order chi connectivity index (χ1) is 8.13. The van der Waals surface area contributed by atoms with Crippen molar-refractivity contribution in [2.24, 2.45) is 0 Å². The number of halogens is 1. The molecule has 0 saturated heterocycles. The van der Waals surface area contributed by atoms with Crippen LogP contribution in [-0.2, 0) is 0 Å². The molecule has 17 heavy (non-hydrogen) atoms. The summed E-state index contributed by atoms with van der Waals surface area (Å²) in [6, 6.07) is 7.93. The monoisotopic (exact) mass is 249 g/mol. The van der Waals surface area contributed by atoms with Gasteiger partial charge in [0.05, 0.1) is 18.2 Å².